The van der Waals surface area contributed by atoms with Gasteiger partial charge in [0.25, 0.3) is 0 Å². The maximum Gasteiger partial charge on any atom is 0.236 e. The topological polar surface area (TPSA) is 49.6 Å². The van der Waals surface area contributed by atoms with Gasteiger partial charge in [0.05, 0.1) is 6.54 Å². The Hall–Kier alpha value is -0.610. The molecule has 3 aliphatic rings. The van der Waals surface area contributed by atoms with Gasteiger partial charge < -0.3 is 10.6 Å². The Bertz CT molecular complexity index is 360. The van der Waals surface area contributed by atoms with Gasteiger partial charge in [0.15, 0.2) is 0 Å². The summed E-state index contributed by atoms with van der Waals surface area (Å²) in [5.41, 5.74) is 6.25. The zero-order valence-corrected chi connectivity index (χ0v) is 12.8. The van der Waals surface area contributed by atoms with Crippen LogP contribution in [0.1, 0.15) is 39.0 Å². The Labute approximate surface area is 122 Å². The molecule has 0 aromatic rings. The summed E-state index contributed by atoms with van der Waals surface area (Å²) in [5, 5.41) is 0. The van der Waals surface area contributed by atoms with Crippen molar-refractivity contribution >= 4 is 5.91 Å². The second-order valence-electron chi connectivity index (χ2n) is 7.30. The number of fused-ring (bicyclic) bond motifs is 1. The Kier molecular flexibility index (Phi) is 4.32. The number of likely N-dealkylation sites (tertiary alicyclic amines) is 2. The molecule has 0 bridgehead atoms. The molecule has 0 spiro atoms. The average Bonchev–Trinajstić information content (AvgIpc) is 2.83. The standard InChI is InChI=1S/C16H29N3O/c1-12-4-3-7-19(8-12)16(20)11-18-9-13-5-2-6-15(17)14(13)10-18/h12-15H,2-11,17H2,1H3. The molecule has 0 aromatic carbocycles. The van der Waals surface area contributed by atoms with Gasteiger partial charge in [0.2, 0.25) is 5.91 Å². The van der Waals surface area contributed by atoms with Crippen LogP contribution in [0.5, 0.6) is 0 Å². The van der Waals surface area contributed by atoms with Crippen molar-refractivity contribution in [3.05, 3.63) is 0 Å². The van der Waals surface area contributed by atoms with E-state index in [0.29, 0.717) is 30.3 Å². The molecule has 3 fully saturated rings. The molecule has 1 saturated carbocycles. The highest BCUT2D eigenvalue weighted by Crippen LogP contribution is 2.35. The highest BCUT2D eigenvalue weighted by molar-refractivity contribution is 5.78. The third-order valence-corrected chi connectivity index (χ3v) is 5.60. The van der Waals surface area contributed by atoms with E-state index in [1.165, 1.54) is 32.1 Å². The molecule has 2 heterocycles. The summed E-state index contributed by atoms with van der Waals surface area (Å²) >= 11 is 0. The van der Waals surface area contributed by atoms with E-state index in [9.17, 15) is 4.79 Å². The molecular formula is C16H29N3O. The number of carbonyl (C=O) groups is 1. The zero-order valence-electron chi connectivity index (χ0n) is 12.8. The molecule has 4 atom stereocenters. The first-order chi connectivity index (χ1) is 9.63. The number of carbonyl (C=O) groups excluding carboxylic acids is 1. The van der Waals surface area contributed by atoms with Gasteiger partial charge >= 0.3 is 0 Å². The molecule has 2 saturated heterocycles. The SMILES string of the molecule is CC1CCCN(C(=O)CN2CC3CCCC(N)C3C2)C1. The summed E-state index contributed by atoms with van der Waals surface area (Å²) in [4.78, 5) is 16.9. The van der Waals surface area contributed by atoms with E-state index in [4.69, 9.17) is 5.73 Å². The fourth-order valence-electron chi connectivity index (χ4n) is 4.45. The summed E-state index contributed by atoms with van der Waals surface area (Å²) in [6.07, 6.45) is 6.19. The zero-order chi connectivity index (χ0) is 14.1. The van der Waals surface area contributed by atoms with Crippen molar-refractivity contribution < 1.29 is 4.79 Å². The van der Waals surface area contributed by atoms with Crippen molar-refractivity contribution in [1.29, 1.82) is 0 Å². The van der Waals surface area contributed by atoms with Gasteiger partial charge in [-0.25, -0.2) is 0 Å². The Morgan fingerprint density at radius 3 is 2.75 bits per heavy atom. The molecule has 1 aliphatic carbocycles. The number of rotatable bonds is 2. The lowest BCUT2D eigenvalue weighted by Crippen LogP contribution is -2.44. The lowest BCUT2D eigenvalue weighted by Gasteiger charge is -2.32. The third kappa shape index (κ3) is 3.01. The van der Waals surface area contributed by atoms with Gasteiger partial charge in [0.1, 0.15) is 0 Å². The van der Waals surface area contributed by atoms with E-state index in [0.717, 1.165) is 32.1 Å². The first kappa shape index (κ1) is 14.3. The van der Waals surface area contributed by atoms with Crippen molar-refractivity contribution in [2.75, 3.05) is 32.7 Å². The van der Waals surface area contributed by atoms with E-state index in [1.54, 1.807) is 0 Å². The van der Waals surface area contributed by atoms with E-state index in [2.05, 4.69) is 16.7 Å². The predicted octanol–water partition coefficient (Wildman–Crippen LogP) is 1.30. The quantitative estimate of drug-likeness (QED) is 0.829. The number of hydrogen-bond donors (Lipinski definition) is 1. The lowest BCUT2D eigenvalue weighted by molar-refractivity contribution is -0.133. The second-order valence-corrected chi connectivity index (χ2v) is 7.30. The number of hydrogen-bond acceptors (Lipinski definition) is 3. The maximum absolute atomic E-state index is 12.4. The van der Waals surface area contributed by atoms with Gasteiger partial charge in [-0.2, -0.15) is 0 Å². The van der Waals surface area contributed by atoms with E-state index in [-0.39, 0.29) is 0 Å². The van der Waals surface area contributed by atoms with Crippen molar-refractivity contribution in [2.45, 2.75) is 45.1 Å². The normalized spacial score (nSPS) is 38.8. The number of piperidine rings is 1. The Morgan fingerprint density at radius 2 is 2.00 bits per heavy atom. The molecule has 0 radical (unpaired) electrons. The summed E-state index contributed by atoms with van der Waals surface area (Å²) < 4.78 is 0. The minimum absolute atomic E-state index is 0.337. The van der Waals surface area contributed by atoms with Crippen LogP contribution < -0.4 is 5.73 Å². The lowest BCUT2D eigenvalue weighted by atomic mass is 9.78. The minimum Gasteiger partial charge on any atom is -0.341 e. The van der Waals surface area contributed by atoms with Gasteiger partial charge in [-0.15, -0.1) is 0 Å². The van der Waals surface area contributed by atoms with Crippen LogP contribution in [0.15, 0.2) is 0 Å². The molecule has 4 heteroatoms. The van der Waals surface area contributed by atoms with Crippen LogP contribution in [-0.2, 0) is 4.79 Å². The average molecular weight is 279 g/mol. The first-order valence-corrected chi connectivity index (χ1v) is 8.39. The number of amides is 1. The molecule has 20 heavy (non-hydrogen) atoms. The fourth-order valence-corrected chi connectivity index (χ4v) is 4.45. The molecule has 4 nitrogen and oxygen atoms in total. The third-order valence-electron chi connectivity index (χ3n) is 5.60. The van der Waals surface area contributed by atoms with Crippen molar-refractivity contribution in [1.82, 2.24) is 9.80 Å². The minimum atomic E-state index is 0.337. The molecule has 0 aromatic heterocycles. The van der Waals surface area contributed by atoms with E-state index in [1.807, 2.05) is 0 Å². The van der Waals surface area contributed by atoms with Crippen LogP contribution in [0, 0.1) is 17.8 Å². The first-order valence-electron chi connectivity index (χ1n) is 8.39. The predicted molar refractivity (Wildman–Crippen MR) is 80.2 cm³/mol. The van der Waals surface area contributed by atoms with Crippen LogP contribution in [-0.4, -0.2) is 54.5 Å². The molecule has 2 N–H and O–H groups in total. The largest absolute Gasteiger partial charge is 0.341 e. The van der Waals surface area contributed by atoms with Gasteiger partial charge in [-0.05, 0) is 43.4 Å². The molecule has 114 valence electrons. The number of nitrogens with zero attached hydrogens (tertiary/aromatic N) is 2. The summed E-state index contributed by atoms with van der Waals surface area (Å²) in [6.45, 7) is 6.92. The Morgan fingerprint density at radius 1 is 1.15 bits per heavy atom. The van der Waals surface area contributed by atoms with Crippen LogP contribution in [0.3, 0.4) is 0 Å². The molecule has 3 rings (SSSR count). The highest BCUT2D eigenvalue weighted by Gasteiger charge is 2.39. The molecular weight excluding hydrogens is 250 g/mol. The summed E-state index contributed by atoms with van der Waals surface area (Å²) in [5.74, 6) is 2.38. The van der Waals surface area contributed by atoms with Crippen LogP contribution in [0.4, 0.5) is 0 Å². The maximum atomic E-state index is 12.4. The van der Waals surface area contributed by atoms with Crippen molar-refractivity contribution in [3.8, 4) is 0 Å². The van der Waals surface area contributed by atoms with Crippen LogP contribution in [0.25, 0.3) is 0 Å². The second kappa shape index (κ2) is 6.02. The smallest absolute Gasteiger partial charge is 0.236 e. The van der Waals surface area contributed by atoms with Gasteiger partial charge in [-0.1, -0.05) is 13.3 Å². The molecule has 4 unspecified atom stereocenters. The van der Waals surface area contributed by atoms with Crippen LogP contribution >= 0.6 is 0 Å². The monoisotopic (exact) mass is 279 g/mol. The van der Waals surface area contributed by atoms with Gasteiger partial charge in [0, 0.05) is 32.2 Å². The van der Waals surface area contributed by atoms with Crippen molar-refractivity contribution in [3.63, 3.8) is 0 Å². The van der Waals surface area contributed by atoms with Crippen molar-refractivity contribution in [2.24, 2.45) is 23.5 Å². The van der Waals surface area contributed by atoms with Crippen LogP contribution in [0.2, 0.25) is 0 Å². The number of nitrogens with two attached hydrogens (primary N) is 1. The summed E-state index contributed by atoms with van der Waals surface area (Å²) in [6, 6.07) is 0.365. The molecule has 1 amide bonds. The highest BCUT2D eigenvalue weighted by atomic mass is 16.2. The Balaban J connectivity index is 1.52. The summed E-state index contributed by atoms with van der Waals surface area (Å²) in [7, 11) is 0. The van der Waals surface area contributed by atoms with E-state index >= 15 is 0 Å². The fraction of sp³-hybridized carbons (Fsp3) is 0.938. The van der Waals surface area contributed by atoms with E-state index < -0.39 is 0 Å². The molecule has 2 aliphatic heterocycles. The van der Waals surface area contributed by atoms with Gasteiger partial charge in [-0.3, -0.25) is 9.69 Å².